The lowest BCUT2D eigenvalue weighted by atomic mass is 9.94. The fourth-order valence-corrected chi connectivity index (χ4v) is 2.38. The van der Waals surface area contributed by atoms with E-state index in [0.717, 1.165) is 12.8 Å². The molecule has 0 fully saturated rings. The van der Waals surface area contributed by atoms with Gasteiger partial charge in [-0.2, -0.15) is 0 Å². The normalized spacial score (nSPS) is 17.7. The van der Waals surface area contributed by atoms with Gasteiger partial charge >= 0.3 is 0 Å². The predicted molar refractivity (Wildman–Crippen MR) is 62.0 cm³/mol. The van der Waals surface area contributed by atoms with E-state index in [1.54, 1.807) is 0 Å². The Bertz CT molecular complexity index is 364. The van der Waals surface area contributed by atoms with Crippen LogP contribution >= 0.6 is 0 Å². The summed E-state index contributed by atoms with van der Waals surface area (Å²) in [5.74, 6) is 0. The third-order valence-electron chi connectivity index (χ3n) is 3.18. The molecule has 2 rings (SSSR count). The molecule has 0 aromatic heterocycles. The molecule has 14 heavy (non-hydrogen) atoms. The molecule has 0 amide bonds. The third kappa shape index (κ3) is 1.41. The van der Waals surface area contributed by atoms with Crippen molar-refractivity contribution in [1.82, 2.24) is 0 Å². The molecule has 0 aliphatic carbocycles. The first-order chi connectivity index (χ1) is 6.53. The molecular formula is C13H19N. The summed E-state index contributed by atoms with van der Waals surface area (Å²) < 4.78 is 0. The lowest BCUT2D eigenvalue weighted by Gasteiger charge is -2.17. The number of aryl methyl sites for hydroxylation is 1. The van der Waals surface area contributed by atoms with Crippen molar-refractivity contribution in [3.05, 3.63) is 28.8 Å². The molecule has 0 atom stereocenters. The van der Waals surface area contributed by atoms with Crippen molar-refractivity contribution in [1.29, 1.82) is 0 Å². The lowest BCUT2D eigenvalue weighted by molar-refractivity contribution is 0.593. The summed E-state index contributed by atoms with van der Waals surface area (Å²) in [6, 6.07) is 4.48. The zero-order chi connectivity index (χ0) is 10.3. The first-order valence-corrected chi connectivity index (χ1v) is 5.43. The number of nitrogens with one attached hydrogen (secondary N) is 1. The van der Waals surface area contributed by atoms with E-state index in [0.29, 0.717) is 0 Å². The van der Waals surface area contributed by atoms with Crippen LogP contribution < -0.4 is 5.32 Å². The Kier molecular flexibility index (Phi) is 2.06. The summed E-state index contributed by atoms with van der Waals surface area (Å²) in [5, 5.41) is 3.57. The van der Waals surface area contributed by atoms with E-state index in [1.807, 2.05) is 0 Å². The van der Waals surface area contributed by atoms with Crippen LogP contribution in [0.1, 0.15) is 37.5 Å². The van der Waals surface area contributed by atoms with Gasteiger partial charge in [0.15, 0.2) is 0 Å². The highest BCUT2D eigenvalue weighted by atomic mass is 15.0. The third-order valence-corrected chi connectivity index (χ3v) is 3.18. The zero-order valence-electron chi connectivity index (χ0n) is 9.57. The minimum Gasteiger partial charge on any atom is -0.380 e. The van der Waals surface area contributed by atoms with Crippen LogP contribution in [0.2, 0.25) is 0 Å². The predicted octanol–water partition coefficient (Wildman–Crippen LogP) is 3.30. The van der Waals surface area contributed by atoms with Crippen molar-refractivity contribution in [2.45, 2.75) is 46.1 Å². The highest BCUT2D eigenvalue weighted by Gasteiger charge is 2.28. The Hall–Kier alpha value is -0.980. The Morgan fingerprint density at radius 1 is 1.36 bits per heavy atom. The average Bonchev–Trinajstić information content (AvgIpc) is 2.42. The highest BCUT2D eigenvalue weighted by Crippen LogP contribution is 2.35. The maximum Gasteiger partial charge on any atom is 0.0380 e. The van der Waals surface area contributed by atoms with Crippen molar-refractivity contribution in [2.24, 2.45) is 0 Å². The van der Waals surface area contributed by atoms with Gasteiger partial charge < -0.3 is 5.32 Å². The monoisotopic (exact) mass is 189 g/mol. The van der Waals surface area contributed by atoms with Crippen LogP contribution in [0.5, 0.6) is 0 Å². The fourth-order valence-electron chi connectivity index (χ4n) is 2.38. The SMILES string of the molecule is CCc1ccc2c(c1C)CC(C)(C)N2. The van der Waals surface area contributed by atoms with Crippen molar-refractivity contribution < 1.29 is 0 Å². The van der Waals surface area contributed by atoms with Crippen molar-refractivity contribution >= 4 is 5.69 Å². The van der Waals surface area contributed by atoms with Crippen molar-refractivity contribution in [3.63, 3.8) is 0 Å². The van der Waals surface area contributed by atoms with Gasteiger partial charge in [-0.1, -0.05) is 13.0 Å². The second-order valence-electron chi connectivity index (χ2n) is 4.92. The van der Waals surface area contributed by atoms with Gasteiger partial charge in [-0.3, -0.25) is 0 Å². The van der Waals surface area contributed by atoms with E-state index < -0.39 is 0 Å². The second-order valence-corrected chi connectivity index (χ2v) is 4.92. The number of hydrogen-bond donors (Lipinski definition) is 1. The minimum absolute atomic E-state index is 0.236. The summed E-state index contributed by atoms with van der Waals surface area (Å²) in [4.78, 5) is 0. The maximum absolute atomic E-state index is 3.57. The summed E-state index contributed by atoms with van der Waals surface area (Å²) >= 11 is 0. The molecule has 1 N–H and O–H groups in total. The molecule has 0 spiro atoms. The van der Waals surface area contributed by atoms with E-state index in [2.05, 4.69) is 45.1 Å². The largest absolute Gasteiger partial charge is 0.380 e. The van der Waals surface area contributed by atoms with Crippen LogP contribution in [0.25, 0.3) is 0 Å². The molecule has 1 heteroatoms. The molecule has 1 aliphatic heterocycles. The van der Waals surface area contributed by atoms with Gasteiger partial charge in [0.05, 0.1) is 0 Å². The van der Waals surface area contributed by atoms with E-state index in [1.165, 1.54) is 22.4 Å². The molecule has 1 aromatic carbocycles. The molecule has 0 radical (unpaired) electrons. The second kappa shape index (κ2) is 3.01. The quantitative estimate of drug-likeness (QED) is 0.714. The van der Waals surface area contributed by atoms with Crippen molar-refractivity contribution in [2.75, 3.05) is 5.32 Å². The number of fused-ring (bicyclic) bond motifs is 1. The van der Waals surface area contributed by atoms with Gasteiger partial charge in [0, 0.05) is 11.2 Å². The van der Waals surface area contributed by atoms with E-state index >= 15 is 0 Å². The standard InChI is InChI=1S/C13H19N/c1-5-10-6-7-12-11(9(10)2)8-13(3,4)14-12/h6-7,14H,5,8H2,1-4H3. The van der Waals surface area contributed by atoms with Gasteiger partial charge in [0.1, 0.15) is 0 Å². The summed E-state index contributed by atoms with van der Waals surface area (Å²) in [6.45, 7) is 9.00. The number of rotatable bonds is 1. The van der Waals surface area contributed by atoms with E-state index in [-0.39, 0.29) is 5.54 Å². The first-order valence-electron chi connectivity index (χ1n) is 5.43. The van der Waals surface area contributed by atoms with Crippen LogP contribution in [0, 0.1) is 6.92 Å². The topological polar surface area (TPSA) is 12.0 Å². The fraction of sp³-hybridized carbons (Fsp3) is 0.538. The Morgan fingerprint density at radius 3 is 2.71 bits per heavy atom. The van der Waals surface area contributed by atoms with E-state index in [4.69, 9.17) is 0 Å². The number of anilines is 1. The van der Waals surface area contributed by atoms with Gasteiger partial charge in [-0.25, -0.2) is 0 Å². The Balaban J connectivity index is 2.48. The Morgan fingerprint density at radius 2 is 2.07 bits per heavy atom. The molecule has 0 saturated heterocycles. The lowest BCUT2D eigenvalue weighted by Crippen LogP contribution is -2.27. The molecule has 1 aromatic rings. The molecular weight excluding hydrogens is 170 g/mol. The van der Waals surface area contributed by atoms with E-state index in [9.17, 15) is 0 Å². The first kappa shape index (κ1) is 9.57. The molecule has 1 nitrogen and oxygen atoms in total. The minimum atomic E-state index is 0.236. The molecule has 0 unspecified atom stereocenters. The van der Waals surface area contributed by atoms with Crippen LogP contribution in [0.3, 0.4) is 0 Å². The summed E-state index contributed by atoms with van der Waals surface area (Å²) in [7, 11) is 0. The molecule has 76 valence electrons. The zero-order valence-corrected chi connectivity index (χ0v) is 9.57. The summed E-state index contributed by atoms with van der Waals surface area (Å²) in [6.07, 6.45) is 2.29. The Labute approximate surface area is 86.5 Å². The molecule has 1 heterocycles. The van der Waals surface area contributed by atoms with Gasteiger partial charge in [-0.05, 0) is 56.4 Å². The highest BCUT2D eigenvalue weighted by molar-refractivity contribution is 5.62. The maximum atomic E-state index is 3.57. The number of benzene rings is 1. The van der Waals surface area contributed by atoms with Crippen LogP contribution in [-0.2, 0) is 12.8 Å². The van der Waals surface area contributed by atoms with Crippen LogP contribution in [0.4, 0.5) is 5.69 Å². The number of hydrogen-bond acceptors (Lipinski definition) is 1. The molecule has 1 aliphatic rings. The smallest absolute Gasteiger partial charge is 0.0380 e. The van der Waals surface area contributed by atoms with Gasteiger partial charge in [0.25, 0.3) is 0 Å². The average molecular weight is 189 g/mol. The van der Waals surface area contributed by atoms with Crippen LogP contribution in [-0.4, -0.2) is 5.54 Å². The summed E-state index contributed by atoms with van der Waals surface area (Å²) in [5.41, 5.74) is 6.07. The van der Waals surface area contributed by atoms with Gasteiger partial charge in [0.2, 0.25) is 0 Å². The molecule has 0 bridgehead atoms. The van der Waals surface area contributed by atoms with Gasteiger partial charge in [-0.15, -0.1) is 0 Å². The molecule has 0 saturated carbocycles. The van der Waals surface area contributed by atoms with Crippen LogP contribution in [0.15, 0.2) is 12.1 Å². The van der Waals surface area contributed by atoms with Crippen molar-refractivity contribution in [3.8, 4) is 0 Å².